The Morgan fingerprint density at radius 3 is 2.38 bits per heavy atom. The average Bonchev–Trinajstić information content (AvgIpc) is 2.59. The number of amides is 1. The lowest BCUT2D eigenvalue weighted by Gasteiger charge is -2.32. The van der Waals surface area contributed by atoms with Crippen molar-refractivity contribution in [2.24, 2.45) is 4.99 Å². The highest BCUT2D eigenvalue weighted by Gasteiger charge is 2.22. The van der Waals surface area contributed by atoms with Crippen molar-refractivity contribution >= 4 is 22.7 Å². The highest BCUT2D eigenvalue weighted by atomic mass is 32.2. The number of likely N-dealkylation sites (tertiary alicyclic amines) is 1. The topological polar surface area (TPSA) is 85.8 Å². The average molecular weight is 388 g/mol. The molecule has 1 atom stereocenters. The van der Waals surface area contributed by atoms with E-state index in [2.05, 4.69) is 32.8 Å². The van der Waals surface area contributed by atoms with Gasteiger partial charge in [0.1, 0.15) is 0 Å². The standard InChI is InChI=1S/C18H37N5O2S/c1-6-9-20-16(24)14-23-11-7-15(8-12-23)22-17(19-5)21-10-13-26(25)18(2,3)4/h15H,6-14H2,1-5H3,(H,20,24)(H2,19,21,22). The second kappa shape index (κ2) is 11.5. The third-order valence-electron chi connectivity index (χ3n) is 4.35. The second-order valence-corrected chi connectivity index (χ2v) is 10.0. The summed E-state index contributed by atoms with van der Waals surface area (Å²) in [6.07, 6.45) is 2.93. The molecular formula is C18H37N5O2S. The smallest absolute Gasteiger partial charge is 0.234 e. The predicted molar refractivity (Wildman–Crippen MR) is 110 cm³/mol. The van der Waals surface area contributed by atoms with E-state index in [1.54, 1.807) is 7.05 Å². The minimum absolute atomic E-state index is 0.114. The van der Waals surface area contributed by atoms with Gasteiger partial charge in [0.25, 0.3) is 0 Å². The Bertz CT molecular complexity index is 482. The molecule has 1 saturated heterocycles. The van der Waals surface area contributed by atoms with Gasteiger partial charge < -0.3 is 16.0 Å². The Kier molecular flexibility index (Phi) is 10.2. The maximum Gasteiger partial charge on any atom is 0.234 e. The van der Waals surface area contributed by atoms with Crippen molar-refractivity contribution in [2.75, 3.05) is 45.5 Å². The second-order valence-electron chi connectivity index (χ2n) is 7.71. The van der Waals surface area contributed by atoms with Crippen molar-refractivity contribution in [1.82, 2.24) is 20.9 Å². The molecule has 8 heteroatoms. The SMILES string of the molecule is CCCNC(=O)CN1CCC(NC(=NC)NCCS(=O)C(C)(C)C)CC1. The molecule has 26 heavy (non-hydrogen) atoms. The third kappa shape index (κ3) is 8.98. The number of nitrogens with one attached hydrogen (secondary N) is 3. The largest absolute Gasteiger partial charge is 0.355 e. The molecular weight excluding hydrogens is 350 g/mol. The van der Waals surface area contributed by atoms with E-state index in [1.807, 2.05) is 20.8 Å². The van der Waals surface area contributed by atoms with Crippen LogP contribution in [0.25, 0.3) is 0 Å². The first-order valence-corrected chi connectivity index (χ1v) is 10.9. The van der Waals surface area contributed by atoms with Gasteiger partial charge in [-0.1, -0.05) is 6.92 Å². The number of rotatable bonds is 8. The zero-order valence-corrected chi connectivity index (χ0v) is 17.9. The minimum atomic E-state index is -0.866. The number of hydrogen-bond acceptors (Lipinski definition) is 4. The molecule has 1 fully saturated rings. The van der Waals surface area contributed by atoms with E-state index in [-0.39, 0.29) is 10.7 Å². The molecule has 0 spiro atoms. The van der Waals surface area contributed by atoms with Crippen LogP contribution in [0, 0.1) is 0 Å². The molecule has 0 radical (unpaired) electrons. The molecule has 1 aliphatic rings. The highest BCUT2D eigenvalue weighted by molar-refractivity contribution is 7.86. The number of carbonyl (C=O) groups is 1. The Hall–Kier alpha value is -1.15. The molecule has 1 aliphatic heterocycles. The molecule has 7 nitrogen and oxygen atoms in total. The Morgan fingerprint density at radius 1 is 1.19 bits per heavy atom. The monoisotopic (exact) mass is 387 g/mol. The summed E-state index contributed by atoms with van der Waals surface area (Å²) in [5.74, 6) is 1.48. The lowest BCUT2D eigenvalue weighted by atomic mass is 10.1. The Morgan fingerprint density at radius 2 is 1.85 bits per heavy atom. The van der Waals surface area contributed by atoms with Gasteiger partial charge in [-0.15, -0.1) is 0 Å². The van der Waals surface area contributed by atoms with Crippen LogP contribution in [-0.4, -0.2) is 77.3 Å². The molecule has 1 unspecified atom stereocenters. The molecule has 0 aromatic heterocycles. The van der Waals surface area contributed by atoms with Gasteiger partial charge in [-0.2, -0.15) is 0 Å². The van der Waals surface area contributed by atoms with E-state index in [0.29, 0.717) is 24.9 Å². The molecule has 152 valence electrons. The van der Waals surface area contributed by atoms with Gasteiger partial charge in [-0.05, 0) is 40.0 Å². The van der Waals surface area contributed by atoms with Crippen LogP contribution in [0.15, 0.2) is 4.99 Å². The summed E-state index contributed by atoms with van der Waals surface area (Å²) in [5.41, 5.74) is 0. The van der Waals surface area contributed by atoms with Crippen molar-refractivity contribution in [2.45, 2.75) is 57.7 Å². The van der Waals surface area contributed by atoms with Crippen LogP contribution in [0.4, 0.5) is 0 Å². The summed E-state index contributed by atoms with van der Waals surface area (Å²) in [6.45, 7) is 11.7. The van der Waals surface area contributed by atoms with Crippen LogP contribution >= 0.6 is 0 Å². The first-order chi connectivity index (χ1) is 12.3. The van der Waals surface area contributed by atoms with E-state index in [4.69, 9.17) is 0 Å². The summed E-state index contributed by atoms with van der Waals surface area (Å²) in [7, 11) is 0.888. The molecule has 0 aromatic carbocycles. The summed E-state index contributed by atoms with van der Waals surface area (Å²) in [6, 6.07) is 0.351. The van der Waals surface area contributed by atoms with Gasteiger partial charge in [-0.25, -0.2) is 0 Å². The van der Waals surface area contributed by atoms with Gasteiger partial charge in [0.15, 0.2) is 5.96 Å². The molecule has 0 aliphatic carbocycles. The minimum Gasteiger partial charge on any atom is -0.355 e. The zero-order chi connectivity index (χ0) is 19.6. The van der Waals surface area contributed by atoms with Gasteiger partial charge in [0.05, 0.1) is 6.54 Å². The van der Waals surface area contributed by atoms with E-state index < -0.39 is 10.8 Å². The Balaban J connectivity index is 2.27. The quantitative estimate of drug-likeness (QED) is 0.421. The van der Waals surface area contributed by atoms with Gasteiger partial charge >= 0.3 is 0 Å². The fraction of sp³-hybridized carbons (Fsp3) is 0.889. The fourth-order valence-electron chi connectivity index (χ4n) is 2.72. The van der Waals surface area contributed by atoms with Crippen LogP contribution in [-0.2, 0) is 15.6 Å². The number of guanidine groups is 1. The highest BCUT2D eigenvalue weighted by Crippen LogP contribution is 2.11. The number of nitrogens with zero attached hydrogens (tertiary/aromatic N) is 2. The molecule has 0 aromatic rings. The summed E-state index contributed by atoms with van der Waals surface area (Å²) < 4.78 is 11.9. The maximum absolute atomic E-state index is 12.1. The van der Waals surface area contributed by atoms with Crippen molar-refractivity contribution < 1.29 is 9.00 Å². The van der Waals surface area contributed by atoms with E-state index >= 15 is 0 Å². The van der Waals surface area contributed by atoms with E-state index in [1.165, 1.54) is 0 Å². The predicted octanol–water partition coefficient (Wildman–Crippen LogP) is 0.689. The van der Waals surface area contributed by atoms with E-state index in [0.717, 1.165) is 44.9 Å². The molecule has 1 heterocycles. The maximum atomic E-state index is 12.1. The number of piperidine rings is 1. The summed E-state index contributed by atoms with van der Waals surface area (Å²) in [5, 5.41) is 9.62. The van der Waals surface area contributed by atoms with Crippen LogP contribution in [0.3, 0.4) is 0 Å². The van der Waals surface area contributed by atoms with Gasteiger partial charge in [0.2, 0.25) is 5.91 Å². The van der Waals surface area contributed by atoms with Gasteiger partial charge in [0, 0.05) is 60.6 Å². The number of aliphatic imine (C=N–C) groups is 1. The summed E-state index contributed by atoms with van der Waals surface area (Å²) in [4.78, 5) is 18.3. The van der Waals surface area contributed by atoms with Crippen molar-refractivity contribution in [3.63, 3.8) is 0 Å². The van der Waals surface area contributed by atoms with Crippen LogP contribution in [0.1, 0.15) is 47.0 Å². The van der Waals surface area contributed by atoms with Crippen molar-refractivity contribution in [3.8, 4) is 0 Å². The molecule has 1 amide bonds. The zero-order valence-electron chi connectivity index (χ0n) is 17.1. The number of carbonyl (C=O) groups excluding carboxylic acids is 1. The number of hydrogen-bond donors (Lipinski definition) is 3. The first-order valence-electron chi connectivity index (χ1n) is 9.61. The normalized spacial score (nSPS) is 18.4. The van der Waals surface area contributed by atoms with Crippen LogP contribution in [0.2, 0.25) is 0 Å². The van der Waals surface area contributed by atoms with E-state index in [9.17, 15) is 9.00 Å². The Labute approximate surface area is 161 Å². The van der Waals surface area contributed by atoms with Crippen LogP contribution < -0.4 is 16.0 Å². The molecule has 3 N–H and O–H groups in total. The molecule has 0 bridgehead atoms. The van der Waals surface area contributed by atoms with Gasteiger partial charge in [-0.3, -0.25) is 18.9 Å². The lowest BCUT2D eigenvalue weighted by Crippen LogP contribution is -2.50. The first kappa shape index (κ1) is 22.9. The summed E-state index contributed by atoms with van der Waals surface area (Å²) >= 11 is 0. The molecule has 1 rings (SSSR count). The fourth-order valence-corrected chi connectivity index (χ4v) is 3.61. The van der Waals surface area contributed by atoms with Crippen molar-refractivity contribution in [3.05, 3.63) is 0 Å². The molecule has 0 saturated carbocycles. The third-order valence-corrected chi connectivity index (χ3v) is 6.30. The van der Waals surface area contributed by atoms with Crippen LogP contribution in [0.5, 0.6) is 0 Å². The lowest BCUT2D eigenvalue weighted by molar-refractivity contribution is -0.122. The van der Waals surface area contributed by atoms with Crippen molar-refractivity contribution in [1.29, 1.82) is 0 Å².